The Labute approximate surface area is 141 Å². The third-order valence-corrected chi connectivity index (χ3v) is 3.94. The van der Waals surface area contributed by atoms with Gasteiger partial charge in [0.15, 0.2) is 0 Å². The first-order chi connectivity index (χ1) is 11.5. The first-order valence-corrected chi connectivity index (χ1v) is 8.01. The van der Waals surface area contributed by atoms with Gasteiger partial charge < -0.3 is 15.4 Å². The number of hydrogen-bond acceptors (Lipinski definition) is 3. The molecule has 0 aliphatic carbocycles. The molecule has 3 rings (SSSR count). The van der Waals surface area contributed by atoms with Crippen molar-refractivity contribution in [2.24, 2.45) is 0 Å². The predicted molar refractivity (Wildman–Crippen MR) is 93.7 cm³/mol. The highest BCUT2D eigenvalue weighted by atomic mass is 16.5. The lowest BCUT2D eigenvalue weighted by Gasteiger charge is -2.11. The molecule has 124 valence electrons. The van der Waals surface area contributed by atoms with Crippen LogP contribution in [0, 0.1) is 0 Å². The number of anilines is 2. The number of benzene rings is 2. The summed E-state index contributed by atoms with van der Waals surface area (Å²) >= 11 is 0. The summed E-state index contributed by atoms with van der Waals surface area (Å²) in [6, 6.07) is 12.8. The summed E-state index contributed by atoms with van der Waals surface area (Å²) in [5.74, 6) is 0.686. The minimum absolute atomic E-state index is 0.115. The van der Waals surface area contributed by atoms with Crippen LogP contribution in [0.15, 0.2) is 42.5 Å². The van der Waals surface area contributed by atoms with Crippen molar-refractivity contribution in [2.45, 2.75) is 26.2 Å². The Morgan fingerprint density at radius 1 is 1.17 bits per heavy atom. The van der Waals surface area contributed by atoms with Crippen LogP contribution in [0.1, 0.15) is 42.1 Å². The normalized spacial score (nSPS) is 13.5. The van der Waals surface area contributed by atoms with E-state index in [9.17, 15) is 9.59 Å². The van der Waals surface area contributed by atoms with E-state index < -0.39 is 0 Å². The zero-order valence-electron chi connectivity index (χ0n) is 13.8. The van der Waals surface area contributed by atoms with E-state index in [0.29, 0.717) is 35.9 Å². The maximum Gasteiger partial charge on any atom is 0.255 e. The van der Waals surface area contributed by atoms with Crippen LogP contribution in [-0.4, -0.2) is 18.4 Å². The monoisotopic (exact) mass is 324 g/mol. The molecule has 5 heteroatoms. The molecule has 2 aromatic carbocycles. The van der Waals surface area contributed by atoms with Crippen LogP contribution in [0.4, 0.5) is 11.4 Å². The Balaban J connectivity index is 1.76. The molecule has 0 saturated heterocycles. The Hall–Kier alpha value is -2.82. The maximum absolute atomic E-state index is 12.4. The van der Waals surface area contributed by atoms with Gasteiger partial charge in [-0.2, -0.15) is 0 Å². The van der Waals surface area contributed by atoms with Gasteiger partial charge in [-0.1, -0.05) is 26.0 Å². The third kappa shape index (κ3) is 3.56. The standard InChI is InChI=1S/C19H20N2O3/c1-12(2)13-3-6-15(7-4-13)20-19(23)14-5-8-17-16(11-14)21-18(22)9-10-24-17/h3-8,11-12H,9-10H2,1-2H3,(H,20,23)(H,21,22). The Morgan fingerprint density at radius 2 is 1.92 bits per heavy atom. The molecule has 24 heavy (non-hydrogen) atoms. The first-order valence-electron chi connectivity index (χ1n) is 8.01. The number of rotatable bonds is 3. The van der Waals surface area contributed by atoms with Crippen LogP contribution in [0.5, 0.6) is 5.75 Å². The van der Waals surface area contributed by atoms with E-state index in [4.69, 9.17) is 4.74 Å². The summed E-state index contributed by atoms with van der Waals surface area (Å²) in [7, 11) is 0. The Morgan fingerprint density at radius 3 is 2.62 bits per heavy atom. The quantitative estimate of drug-likeness (QED) is 0.903. The minimum atomic E-state index is -0.228. The van der Waals surface area contributed by atoms with Crippen molar-refractivity contribution in [3.8, 4) is 5.75 Å². The van der Waals surface area contributed by atoms with Crippen molar-refractivity contribution in [3.05, 3.63) is 53.6 Å². The van der Waals surface area contributed by atoms with Crippen LogP contribution >= 0.6 is 0 Å². The van der Waals surface area contributed by atoms with Gasteiger partial charge >= 0.3 is 0 Å². The second-order valence-corrected chi connectivity index (χ2v) is 6.09. The molecule has 0 unspecified atom stereocenters. The average molecular weight is 324 g/mol. The van der Waals surface area contributed by atoms with Gasteiger partial charge in [0, 0.05) is 11.3 Å². The van der Waals surface area contributed by atoms with Crippen molar-refractivity contribution < 1.29 is 14.3 Å². The highest BCUT2D eigenvalue weighted by Crippen LogP contribution is 2.28. The van der Waals surface area contributed by atoms with Crippen LogP contribution in [-0.2, 0) is 4.79 Å². The molecule has 0 aromatic heterocycles. The molecule has 1 aliphatic heterocycles. The van der Waals surface area contributed by atoms with Gasteiger partial charge in [-0.25, -0.2) is 0 Å². The van der Waals surface area contributed by atoms with E-state index in [0.717, 1.165) is 5.69 Å². The van der Waals surface area contributed by atoms with E-state index in [1.807, 2.05) is 24.3 Å². The van der Waals surface area contributed by atoms with Crippen LogP contribution in [0.3, 0.4) is 0 Å². The first kappa shape index (κ1) is 16.1. The maximum atomic E-state index is 12.4. The summed E-state index contributed by atoms with van der Waals surface area (Å²) in [5.41, 5.74) is 2.95. The Bertz CT molecular complexity index is 767. The van der Waals surface area contributed by atoms with Gasteiger partial charge in [0.1, 0.15) is 5.75 Å². The molecule has 0 spiro atoms. The molecule has 2 N–H and O–H groups in total. The number of fused-ring (bicyclic) bond motifs is 1. The third-order valence-electron chi connectivity index (χ3n) is 3.94. The van der Waals surface area contributed by atoms with Crippen molar-refractivity contribution in [2.75, 3.05) is 17.2 Å². The SMILES string of the molecule is CC(C)c1ccc(NC(=O)c2ccc3c(c2)NC(=O)CCO3)cc1. The highest BCUT2D eigenvalue weighted by Gasteiger charge is 2.16. The van der Waals surface area contributed by atoms with Gasteiger partial charge in [0.25, 0.3) is 5.91 Å². The fourth-order valence-electron chi connectivity index (χ4n) is 2.52. The molecule has 0 fully saturated rings. The summed E-state index contributed by atoms with van der Waals surface area (Å²) < 4.78 is 5.49. The lowest BCUT2D eigenvalue weighted by atomic mass is 10.0. The zero-order chi connectivity index (χ0) is 17.1. The van der Waals surface area contributed by atoms with E-state index >= 15 is 0 Å². The number of hydrogen-bond donors (Lipinski definition) is 2. The molecular formula is C19H20N2O3. The van der Waals surface area contributed by atoms with Gasteiger partial charge in [-0.15, -0.1) is 0 Å². The zero-order valence-corrected chi connectivity index (χ0v) is 13.8. The molecule has 0 saturated carbocycles. The minimum Gasteiger partial charge on any atom is -0.491 e. The van der Waals surface area contributed by atoms with Crippen LogP contribution < -0.4 is 15.4 Å². The van der Waals surface area contributed by atoms with E-state index in [2.05, 4.69) is 24.5 Å². The van der Waals surface area contributed by atoms with Gasteiger partial charge in [-0.3, -0.25) is 9.59 Å². The molecular weight excluding hydrogens is 304 g/mol. The molecule has 0 radical (unpaired) electrons. The molecule has 2 aromatic rings. The van der Waals surface area contributed by atoms with E-state index in [1.165, 1.54) is 5.56 Å². The van der Waals surface area contributed by atoms with Crippen LogP contribution in [0.2, 0.25) is 0 Å². The fourth-order valence-corrected chi connectivity index (χ4v) is 2.52. The largest absolute Gasteiger partial charge is 0.491 e. The summed E-state index contributed by atoms with van der Waals surface area (Å²) in [5, 5.41) is 5.62. The Kier molecular flexibility index (Phi) is 4.51. The number of carbonyl (C=O) groups is 2. The summed E-state index contributed by atoms with van der Waals surface area (Å²) in [4.78, 5) is 24.0. The number of ether oxygens (including phenoxy) is 1. The second kappa shape index (κ2) is 6.74. The number of nitrogens with one attached hydrogen (secondary N) is 2. The topological polar surface area (TPSA) is 67.4 Å². The average Bonchev–Trinajstić information content (AvgIpc) is 2.75. The molecule has 1 aliphatic rings. The molecule has 1 heterocycles. The van der Waals surface area contributed by atoms with Gasteiger partial charge in [0.2, 0.25) is 5.91 Å². The molecule has 5 nitrogen and oxygen atoms in total. The van der Waals surface area contributed by atoms with Crippen LogP contribution in [0.25, 0.3) is 0 Å². The molecule has 0 atom stereocenters. The highest BCUT2D eigenvalue weighted by molar-refractivity contribution is 6.06. The second-order valence-electron chi connectivity index (χ2n) is 6.09. The van der Waals surface area contributed by atoms with Crippen molar-refractivity contribution in [1.29, 1.82) is 0 Å². The summed E-state index contributed by atoms with van der Waals surface area (Å²) in [6.07, 6.45) is 0.304. The molecule has 2 amide bonds. The lowest BCUT2D eigenvalue weighted by molar-refractivity contribution is -0.116. The van der Waals surface area contributed by atoms with Crippen molar-refractivity contribution >= 4 is 23.2 Å². The molecule has 0 bridgehead atoms. The van der Waals surface area contributed by atoms with E-state index in [-0.39, 0.29) is 11.8 Å². The van der Waals surface area contributed by atoms with Gasteiger partial charge in [-0.05, 0) is 41.8 Å². The van der Waals surface area contributed by atoms with Gasteiger partial charge in [0.05, 0.1) is 18.7 Å². The number of amides is 2. The van der Waals surface area contributed by atoms with E-state index in [1.54, 1.807) is 18.2 Å². The fraction of sp³-hybridized carbons (Fsp3) is 0.263. The predicted octanol–water partition coefficient (Wildman–Crippen LogP) is 3.78. The number of carbonyl (C=O) groups excluding carboxylic acids is 2. The van der Waals surface area contributed by atoms with Crippen molar-refractivity contribution in [3.63, 3.8) is 0 Å². The summed E-state index contributed by atoms with van der Waals surface area (Å²) in [6.45, 7) is 4.59. The van der Waals surface area contributed by atoms with Crippen molar-refractivity contribution in [1.82, 2.24) is 0 Å². The smallest absolute Gasteiger partial charge is 0.255 e. The lowest BCUT2D eigenvalue weighted by Crippen LogP contribution is -2.13.